The second-order valence-electron chi connectivity index (χ2n) is 5.47. The summed E-state index contributed by atoms with van der Waals surface area (Å²) >= 11 is 0. The molecule has 1 aromatic carbocycles. The van der Waals surface area contributed by atoms with Crippen LogP contribution >= 0.6 is 0 Å². The topological polar surface area (TPSA) is 136 Å². The fraction of sp³-hybridized carbons (Fsp3) is 0.438. The largest absolute Gasteiger partial charge is 0.449 e. The monoisotopic (exact) mass is 385 g/mol. The summed E-state index contributed by atoms with van der Waals surface area (Å²) in [5.74, 6) is -1.78. The van der Waals surface area contributed by atoms with Gasteiger partial charge in [-0.15, -0.1) is 0 Å². The number of amides is 3. The molecule has 144 valence electrons. The van der Waals surface area contributed by atoms with E-state index in [1.54, 1.807) is 26.1 Å². The maximum absolute atomic E-state index is 12.7. The van der Waals surface area contributed by atoms with Gasteiger partial charge in [-0.2, -0.15) is 4.31 Å². The third-order valence-corrected chi connectivity index (χ3v) is 5.84. The zero-order valence-corrected chi connectivity index (χ0v) is 15.9. The molecule has 0 aliphatic heterocycles. The van der Waals surface area contributed by atoms with Gasteiger partial charge >= 0.3 is 12.0 Å². The number of benzene rings is 1. The van der Waals surface area contributed by atoms with Crippen LogP contribution in [-0.4, -0.2) is 49.8 Å². The van der Waals surface area contributed by atoms with Gasteiger partial charge in [-0.1, -0.05) is 19.9 Å². The summed E-state index contributed by atoms with van der Waals surface area (Å²) in [5, 5.41) is 1.79. The summed E-state index contributed by atoms with van der Waals surface area (Å²) in [7, 11) is -3.76. The maximum Gasteiger partial charge on any atom is 0.338 e. The summed E-state index contributed by atoms with van der Waals surface area (Å²) < 4.78 is 31.6. The first-order valence-electron chi connectivity index (χ1n) is 7.96. The molecule has 3 N–H and O–H groups in total. The first-order valence-corrected chi connectivity index (χ1v) is 9.40. The number of carbonyl (C=O) groups is 3. The van der Waals surface area contributed by atoms with Crippen LogP contribution in [0.25, 0.3) is 0 Å². The Balaban J connectivity index is 3.11. The van der Waals surface area contributed by atoms with Crippen molar-refractivity contribution in [2.45, 2.75) is 38.7 Å². The van der Waals surface area contributed by atoms with Crippen LogP contribution in [-0.2, 0) is 19.6 Å². The number of nitrogens with one attached hydrogen (secondary N) is 1. The van der Waals surface area contributed by atoms with E-state index >= 15 is 0 Å². The Morgan fingerprint density at radius 1 is 1.23 bits per heavy atom. The number of sulfonamides is 1. The fourth-order valence-electron chi connectivity index (χ4n) is 2.21. The lowest BCUT2D eigenvalue weighted by molar-refractivity contribution is -0.127. The van der Waals surface area contributed by atoms with Crippen molar-refractivity contribution in [1.82, 2.24) is 9.62 Å². The van der Waals surface area contributed by atoms with Crippen LogP contribution < -0.4 is 11.1 Å². The molecule has 0 fully saturated rings. The van der Waals surface area contributed by atoms with Gasteiger partial charge in [-0.25, -0.2) is 18.0 Å². The molecule has 1 aromatic rings. The van der Waals surface area contributed by atoms with Crippen LogP contribution in [0.2, 0.25) is 0 Å². The van der Waals surface area contributed by atoms with E-state index in [2.05, 4.69) is 0 Å². The smallest absolute Gasteiger partial charge is 0.338 e. The summed E-state index contributed by atoms with van der Waals surface area (Å²) in [6.07, 6.45) is -1.28. The number of hydrogen-bond acceptors (Lipinski definition) is 6. The number of urea groups is 1. The fourth-order valence-corrected chi connectivity index (χ4v) is 3.92. The zero-order valence-electron chi connectivity index (χ0n) is 15.1. The van der Waals surface area contributed by atoms with Crippen molar-refractivity contribution < 1.29 is 27.5 Å². The van der Waals surface area contributed by atoms with E-state index < -0.39 is 34.0 Å². The van der Waals surface area contributed by atoms with Gasteiger partial charge in [0.1, 0.15) is 0 Å². The van der Waals surface area contributed by atoms with E-state index in [9.17, 15) is 22.8 Å². The second-order valence-corrected chi connectivity index (χ2v) is 7.38. The predicted molar refractivity (Wildman–Crippen MR) is 93.9 cm³/mol. The van der Waals surface area contributed by atoms with Crippen molar-refractivity contribution in [1.29, 1.82) is 0 Å². The van der Waals surface area contributed by atoms with Gasteiger partial charge in [0.05, 0.1) is 10.5 Å². The predicted octanol–water partition coefficient (Wildman–Crippen LogP) is 0.766. The highest BCUT2D eigenvalue weighted by molar-refractivity contribution is 7.89. The molecule has 9 nitrogen and oxygen atoms in total. The molecule has 0 radical (unpaired) electrons. The molecule has 1 rings (SSSR count). The lowest BCUT2D eigenvalue weighted by atomic mass is 10.1. The van der Waals surface area contributed by atoms with E-state index in [1.165, 1.54) is 29.4 Å². The lowest BCUT2D eigenvalue weighted by Gasteiger charge is -2.20. The van der Waals surface area contributed by atoms with Crippen LogP contribution in [0.3, 0.4) is 0 Å². The highest BCUT2D eigenvalue weighted by Crippen LogP contribution is 2.22. The van der Waals surface area contributed by atoms with Crippen LogP contribution in [0.15, 0.2) is 23.1 Å². The molecule has 1 atom stereocenters. The number of imide groups is 1. The number of nitrogens with zero attached hydrogens (tertiary/aromatic N) is 1. The standard InChI is InChI=1S/C16H23N3O6S/c1-5-19(6-2)26(23,24)13-9-12(8-7-10(13)3)15(21)25-11(4)14(20)18-16(17)22/h7-9,11H,5-6H2,1-4H3,(H3,17,18,20,22)/t11-/m1/s1. The SMILES string of the molecule is CCN(CC)S(=O)(=O)c1cc(C(=O)O[C@H](C)C(=O)NC(N)=O)ccc1C. The Kier molecular flexibility index (Phi) is 7.28. The molecular formula is C16H23N3O6S. The van der Waals surface area contributed by atoms with Crippen molar-refractivity contribution >= 4 is 27.9 Å². The molecule has 26 heavy (non-hydrogen) atoms. The minimum absolute atomic E-state index is 0.00936. The summed E-state index contributed by atoms with van der Waals surface area (Å²) in [6.45, 7) is 6.89. The van der Waals surface area contributed by atoms with Crippen molar-refractivity contribution in [3.63, 3.8) is 0 Å². The number of primary amides is 1. The van der Waals surface area contributed by atoms with Gasteiger partial charge in [-0.05, 0) is 31.5 Å². The molecule has 0 saturated carbocycles. The first kappa shape index (κ1) is 21.6. The molecule has 0 aromatic heterocycles. The van der Waals surface area contributed by atoms with E-state index in [1.807, 2.05) is 0 Å². The number of hydrogen-bond donors (Lipinski definition) is 2. The number of nitrogens with two attached hydrogens (primary N) is 1. The van der Waals surface area contributed by atoms with Crippen molar-refractivity contribution in [2.24, 2.45) is 5.73 Å². The Bertz CT molecular complexity index is 802. The van der Waals surface area contributed by atoms with Crippen LogP contribution in [0.1, 0.15) is 36.7 Å². The molecule has 0 bridgehead atoms. The van der Waals surface area contributed by atoms with Gasteiger partial charge in [-0.3, -0.25) is 10.1 Å². The van der Waals surface area contributed by atoms with E-state index in [-0.39, 0.29) is 23.5 Å². The normalized spacial score (nSPS) is 12.5. The van der Waals surface area contributed by atoms with Gasteiger partial charge in [0.25, 0.3) is 5.91 Å². The van der Waals surface area contributed by atoms with Gasteiger partial charge in [0.2, 0.25) is 10.0 Å². The maximum atomic E-state index is 12.7. The lowest BCUT2D eigenvalue weighted by Crippen LogP contribution is -2.42. The molecular weight excluding hydrogens is 362 g/mol. The molecule has 10 heteroatoms. The highest BCUT2D eigenvalue weighted by Gasteiger charge is 2.26. The van der Waals surface area contributed by atoms with Gasteiger partial charge in [0, 0.05) is 13.1 Å². The number of rotatable bonds is 7. The number of esters is 1. The summed E-state index contributed by atoms with van der Waals surface area (Å²) in [6, 6.07) is 3.03. The van der Waals surface area contributed by atoms with Crippen molar-refractivity contribution in [3.05, 3.63) is 29.3 Å². The highest BCUT2D eigenvalue weighted by atomic mass is 32.2. The molecule has 0 saturated heterocycles. The number of aryl methyl sites for hydroxylation is 1. The first-order chi connectivity index (χ1) is 12.0. The summed E-state index contributed by atoms with van der Waals surface area (Å²) in [4.78, 5) is 34.4. The van der Waals surface area contributed by atoms with Crippen LogP contribution in [0.4, 0.5) is 4.79 Å². The van der Waals surface area contributed by atoms with Crippen LogP contribution in [0.5, 0.6) is 0 Å². The molecule has 0 heterocycles. The molecule has 3 amide bonds. The Labute approximate surface area is 152 Å². The molecule has 0 aliphatic rings. The second kappa shape index (κ2) is 8.77. The van der Waals surface area contributed by atoms with E-state index in [0.29, 0.717) is 5.56 Å². The average molecular weight is 385 g/mol. The average Bonchev–Trinajstić information content (AvgIpc) is 2.55. The third kappa shape index (κ3) is 5.02. The minimum Gasteiger partial charge on any atom is -0.449 e. The third-order valence-electron chi connectivity index (χ3n) is 3.65. The van der Waals surface area contributed by atoms with E-state index in [4.69, 9.17) is 10.5 Å². The zero-order chi connectivity index (χ0) is 20.1. The Morgan fingerprint density at radius 3 is 2.31 bits per heavy atom. The van der Waals surface area contributed by atoms with Crippen LogP contribution in [0, 0.1) is 6.92 Å². The van der Waals surface area contributed by atoms with Gasteiger partial charge < -0.3 is 10.5 Å². The number of carbonyl (C=O) groups excluding carboxylic acids is 3. The molecule has 0 spiro atoms. The quantitative estimate of drug-likeness (QED) is 0.665. The number of ether oxygens (including phenoxy) is 1. The van der Waals surface area contributed by atoms with Crippen molar-refractivity contribution in [2.75, 3.05) is 13.1 Å². The minimum atomic E-state index is -3.76. The Morgan fingerprint density at radius 2 is 1.81 bits per heavy atom. The van der Waals surface area contributed by atoms with E-state index in [0.717, 1.165) is 0 Å². The van der Waals surface area contributed by atoms with Gasteiger partial charge in [0.15, 0.2) is 6.10 Å². The molecule has 0 unspecified atom stereocenters. The van der Waals surface area contributed by atoms with Crippen molar-refractivity contribution in [3.8, 4) is 0 Å². The molecule has 0 aliphatic carbocycles. The Hall–Kier alpha value is -2.46. The summed E-state index contributed by atoms with van der Waals surface area (Å²) in [5.41, 5.74) is 5.28.